The first kappa shape index (κ1) is 22.8. The molecule has 2 N–H and O–H groups in total. The maximum atomic E-state index is 12.6. The van der Waals surface area contributed by atoms with Crippen molar-refractivity contribution in [1.29, 1.82) is 0 Å². The van der Waals surface area contributed by atoms with E-state index in [4.69, 9.17) is 16.3 Å². The van der Waals surface area contributed by atoms with Gasteiger partial charge in [-0.3, -0.25) is 4.79 Å². The van der Waals surface area contributed by atoms with Crippen molar-refractivity contribution in [2.45, 2.75) is 24.9 Å². The molecule has 0 aliphatic heterocycles. The predicted molar refractivity (Wildman–Crippen MR) is 120 cm³/mol. The van der Waals surface area contributed by atoms with Crippen LogP contribution in [-0.2, 0) is 27.9 Å². The number of hydrogen-bond donors (Lipinski definition) is 2. The predicted octanol–water partition coefficient (Wildman–Crippen LogP) is 3.82. The quantitative estimate of drug-likeness (QED) is 0.510. The van der Waals surface area contributed by atoms with Crippen molar-refractivity contribution in [1.82, 2.24) is 10.0 Å². The Labute approximate surface area is 187 Å². The molecule has 0 aromatic heterocycles. The van der Waals surface area contributed by atoms with Crippen molar-refractivity contribution < 1.29 is 17.9 Å². The zero-order valence-electron chi connectivity index (χ0n) is 17.0. The van der Waals surface area contributed by atoms with Crippen LogP contribution in [0, 0.1) is 6.92 Å². The van der Waals surface area contributed by atoms with Gasteiger partial charge in [-0.05, 0) is 47.9 Å². The fraction of sp³-hybridized carbons (Fsp3) is 0.174. The van der Waals surface area contributed by atoms with Crippen LogP contribution in [0.4, 0.5) is 0 Å². The average Bonchev–Trinajstić information content (AvgIpc) is 2.77. The van der Waals surface area contributed by atoms with Gasteiger partial charge in [0.05, 0.1) is 4.90 Å². The summed E-state index contributed by atoms with van der Waals surface area (Å²) in [6.45, 7) is 2.04. The van der Waals surface area contributed by atoms with Gasteiger partial charge < -0.3 is 10.1 Å². The normalized spacial score (nSPS) is 11.2. The fourth-order valence-corrected chi connectivity index (χ4v) is 4.14. The lowest BCUT2D eigenvalue weighted by atomic mass is 10.2. The van der Waals surface area contributed by atoms with Crippen LogP contribution in [0.1, 0.15) is 16.7 Å². The SMILES string of the molecule is Cc1cc(S(=O)(=O)NCc2ccccc2)ccc1OCC(=O)NCc1ccccc1Cl. The summed E-state index contributed by atoms with van der Waals surface area (Å²) in [7, 11) is -3.67. The van der Waals surface area contributed by atoms with Gasteiger partial charge in [-0.25, -0.2) is 13.1 Å². The first-order valence-corrected chi connectivity index (χ1v) is 11.5. The first-order valence-electron chi connectivity index (χ1n) is 9.62. The van der Waals surface area contributed by atoms with E-state index in [1.807, 2.05) is 48.5 Å². The minimum Gasteiger partial charge on any atom is -0.484 e. The van der Waals surface area contributed by atoms with E-state index in [1.165, 1.54) is 12.1 Å². The van der Waals surface area contributed by atoms with Crippen LogP contribution in [0.3, 0.4) is 0 Å². The first-order chi connectivity index (χ1) is 14.8. The highest BCUT2D eigenvalue weighted by molar-refractivity contribution is 7.89. The van der Waals surface area contributed by atoms with Gasteiger partial charge in [0.2, 0.25) is 10.0 Å². The zero-order chi connectivity index (χ0) is 22.3. The van der Waals surface area contributed by atoms with E-state index < -0.39 is 10.0 Å². The number of halogens is 1. The summed E-state index contributed by atoms with van der Waals surface area (Å²) >= 11 is 6.07. The second kappa shape index (κ2) is 10.4. The molecular weight excluding hydrogens is 436 g/mol. The molecule has 0 bridgehead atoms. The Morgan fingerprint density at radius 3 is 2.39 bits per heavy atom. The van der Waals surface area contributed by atoms with Crippen molar-refractivity contribution in [2.75, 3.05) is 6.61 Å². The topological polar surface area (TPSA) is 84.5 Å². The van der Waals surface area contributed by atoms with Crippen LogP contribution in [0.2, 0.25) is 5.02 Å². The number of carbonyl (C=O) groups excluding carboxylic acids is 1. The van der Waals surface area contributed by atoms with Gasteiger partial charge in [0.1, 0.15) is 5.75 Å². The molecule has 0 fully saturated rings. The number of nitrogens with one attached hydrogen (secondary N) is 2. The molecule has 3 aromatic rings. The number of rotatable bonds is 9. The Kier molecular flexibility index (Phi) is 7.68. The average molecular weight is 459 g/mol. The van der Waals surface area contributed by atoms with Crippen LogP contribution in [0.15, 0.2) is 77.7 Å². The van der Waals surface area contributed by atoms with Crippen LogP contribution < -0.4 is 14.8 Å². The molecule has 0 heterocycles. The molecule has 0 atom stereocenters. The van der Waals surface area contributed by atoms with Gasteiger partial charge in [0, 0.05) is 18.1 Å². The van der Waals surface area contributed by atoms with E-state index in [0.29, 0.717) is 22.9 Å². The van der Waals surface area contributed by atoms with Crippen molar-refractivity contribution >= 4 is 27.5 Å². The van der Waals surface area contributed by atoms with E-state index in [0.717, 1.165) is 11.1 Å². The molecule has 1 amide bonds. The minimum absolute atomic E-state index is 0.136. The summed E-state index contributed by atoms with van der Waals surface area (Å²) in [5.41, 5.74) is 2.29. The highest BCUT2D eigenvalue weighted by Gasteiger charge is 2.16. The number of hydrogen-bond acceptors (Lipinski definition) is 4. The van der Waals surface area contributed by atoms with Crippen LogP contribution in [-0.4, -0.2) is 20.9 Å². The third-order valence-corrected chi connectivity index (χ3v) is 6.33. The number of ether oxygens (including phenoxy) is 1. The van der Waals surface area contributed by atoms with E-state index in [1.54, 1.807) is 19.1 Å². The number of amides is 1. The Morgan fingerprint density at radius 2 is 1.68 bits per heavy atom. The minimum atomic E-state index is -3.67. The highest BCUT2D eigenvalue weighted by Crippen LogP contribution is 2.22. The van der Waals surface area contributed by atoms with E-state index in [-0.39, 0.29) is 24.0 Å². The lowest BCUT2D eigenvalue weighted by Gasteiger charge is -2.12. The standard InChI is InChI=1S/C23H23ClN2O4S/c1-17-13-20(31(28,29)26-14-18-7-3-2-4-8-18)11-12-22(17)30-16-23(27)25-15-19-9-5-6-10-21(19)24/h2-13,26H,14-16H2,1H3,(H,25,27). The number of aryl methyl sites for hydroxylation is 1. The lowest BCUT2D eigenvalue weighted by molar-refractivity contribution is -0.123. The van der Waals surface area contributed by atoms with Crippen LogP contribution in [0.25, 0.3) is 0 Å². The molecule has 0 aliphatic rings. The summed E-state index contributed by atoms with van der Waals surface area (Å²) in [6.07, 6.45) is 0. The number of benzene rings is 3. The lowest BCUT2D eigenvalue weighted by Crippen LogP contribution is -2.28. The van der Waals surface area contributed by atoms with E-state index >= 15 is 0 Å². The maximum absolute atomic E-state index is 12.6. The number of sulfonamides is 1. The monoisotopic (exact) mass is 458 g/mol. The Morgan fingerprint density at radius 1 is 0.968 bits per heavy atom. The molecule has 0 aliphatic carbocycles. The van der Waals surface area contributed by atoms with Gasteiger partial charge >= 0.3 is 0 Å². The molecule has 0 spiro atoms. The molecule has 8 heteroatoms. The Hall–Kier alpha value is -2.87. The van der Waals surface area contributed by atoms with Gasteiger partial charge in [0.15, 0.2) is 6.61 Å². The smallest absolute Gasteiger partial charge is 0.258 e. The molecule has 162 valence electrons. The van der Waals surface area contributed by atoms with Crippen molar-refractivity contribution in [3.63, 3.8) is 0 Å². The summed E-state index contributed by atoms with van der Waals surface area (Å²) in [5.74, 6) is 0.135. The molecular formula is C23H23ClN2O4S. The summed E-state index contributed by atoms with van der Waals surface area (Å²) in [5, 5.41) is 3.32. The van der Waals surface area contributed by atoms with Gasteiger partial charge in [0.25, 0.3) is 5.91 Å². The highest BCUT2D eigenvalue weighted by atomic mass is 35.5. The van der Waals surface area contributed by atoms with E-state index in [9.17, 15) is 13.2 Å². The van der Waals surface area contributed by atoms with Gasteiger partial charge in [-0.2, -0.15) is 0 Å². The van der Waals surface area contributed by atoms with Gasteiger partial charge in [-0.1, -0.05) is 60.1 Å². The zero-order valence-corrected chi connectivity index (χ0v) is 18.5. The third kappa shape index (κ3) is 6.55. The Bertz CT molecular complexity index is 1150. The molecule has 0 radical (unpaired) electrons. The fourth-order valence-electron chi connectivity index (χ4n) is 2.84. The summed E-state index contributed by atoms with van der Waals surface area (Å²) in [6, 6.07) is 21.1. The van der Waals surface area contributed by atoms with Crippen molar-refractivity contribution in [2.24, 2.45) is 0 Å². The van der Waals surface area contributed by atoms with Crippen LogP contribution in [0.5, 0.6) is 5.75 Å². The van der Waals surface area contributed by atoms with Gasteiger partial charge in [-0.15, -0.1) is 0 Å². The largest absolute Gasteiger partial charge is 0.484 e. The molecule has 31 heavy (non-hydrogen) atoms. The second-order valence-corrected chi connectivity index (χ2v) is 9.07. The van der Waals surface area contributed by atoms with Crippen LogP contribution >= 0.6 is 11.6 Å². The Balaban J connectivity index is 1.55. The second-order valence-electron chi connectivity index (χ2n) is 6.89. The molecule has 3 aromatic carbocycles. The molecule has 0 saturated carbocycles. The number of carbonyl (C=O) groups is 1. The van der Waals surface area contributed by atoms with Crippen molar-refractivity contribution in [3.05, 3.63) is 94.5 Å². The molecule has 0 unspecified atom stereocenters. The molecule has 3 rings (SSSR count). The molecule has 6 nitrogen and oxygen atoms in total. The van der Waals surface area contributed by atoms with Crippen molar-refractivity contribution in [3.8, 4) is 5.75 Å². The van der Waals surface area contributed by atoms with E-state index in [2.05, 4.69) is 10.0 Å². The molecule has 0 saturated heterocycles. The third-order valence-electron chi connectivity index (χ3n) is 4.56. The maximum Gasteiger partial charge on any atom is 0.258 e. The summed E-state index contributed by atoms with van der Waals surface area (Å²) < 4.78 is 33.2. The summed E-state index contributed by atoms with van der Waals surface area (Å²) in [4.78, 5) is 12.2.